The van der Waals surface area contributed by atoms with Crippen molar-refractivity contribution < 1.29 is 14.0 Å². The molecule has 0 heterocycles. The summed E-state index contributed by atoms with van der Waals surface area (Å²) in [6.07, 6.45) is 0.438. The summed E-state index contributed by atoms with van der Waals surface area (Å²) in [5.74, 6) is 0.289. The number of hydrogen-bond acceptors (Lipinski definition) is 3. The van der Waals surface area contributed by atoms with Gasteiger partial charge >= 0.3 is 0 Å². The monoisotopic (exact) mass is 464 g/mol. The summed E-state index contributed by atoms with van der Waals surface area (Å²) < 4.78 is 13.2. The Labute approximate surface area is 199 Å². The average molecular weight is 465 g/mol. The molecule has 0 bridgehead atoms. The lowest BCUT2D eigenvalue weighted by Gasteiger charge is -2.31. The first-order valence-corrected chi connectivity index (χ1v) is 12.2. The topological polar surface area (TPSA) is 49.4 Å². The molecule has 1 N–H and O–H groups in total. The van der Waals surface area contributed by atoms with Gasteiger partial charge < -0.3 is 10.2 Å². The third-order valence-corrected chi connectivity index (χ3v) is 6.21. The van der Waals surface area contributed by atoms with Crippen LogP contribution in [0, 0.1) is 5.82 Å². The first-order valence-electron chi connectivity index (χ1n) is 11.0. The number of carbonyl (C=O) groups excluding carboxylic acids is 2. The smallest absolute Gasteiger partial charge is 0.243 e. The van der Waals surface area contributed by atoms with Crippen molar-refractivity contribution in [3.05, 3.63) is 107 Å². The van der Waals surface area contributed by atoms with Gasteiger partial charge in [-0.1, -0.05) is 72.8 Å². The van der Waals surface area contributed by atoms with Crippen LogP contribution in [0.4, 0.5) is 4.39 Å². The highest BCUT2D eigenvalue weighted by atomic mass is 32.2. The lowest BCUT2D eigenvalue weighted by Crippen LogP contribution is -2.51. The number of amides is 2. The van der Waals surface area contributed by atoms with Gasteiger partial charge in [-0.3, -0.25) is 9.59 Å². The Morgan fingerprint density at radius 3 is 2.09 bits per heavy atom. The number of likely N-dealkylation sites (N-methyl/N-ethyl adjacent to an activating group) is 1. The molecule has 3 aromatic carbocycles. The van der Waals surface area contributed by atoms with E-state index in [0.29, 0.717) is 25.3 Å². The van der Waals surface area contributed by atoms with Crippen molar-refractivity contribution in [2.45, 2.75) is 31.7 Å². The molecule has 0 aliphatic rings. The molecule has 0 aliphatic heterocycles. The van der Waals surface area contributed by atoms with Gasteiger partial charge in [0, 0.05) is 25.3 Å². The van der Waals surface area contributed by atoms with Crippen molar-refractivity contribution >= 4 is 23.6 Å². The van der Waals surface area contributed by atoms with Crippen LogP contribution in [0.5, 0.6) is 0 Å². The zero-order valence-corrected chi connectivity index (χ0v) is 19.6. The van der Waals surface area contributed by atoms with Crippen molar-refractivity contribution in [3.8, 4) is 0 Å². The van der Waals surface area contributed by atoms with E-state index >= 15 is 0 Å². The third kappa shape index (κ3) is 7.75. The van der Waals surface area contributed by atoms with Crippen LogP contribution >= 0.6 is 11.8 Å². The minimum Gasteiger partial charge on any atom is -0.355 e. The van der Waals surface area contributed by atoms with Crippen molar-refractivity contribution in [2.75, 3.05) is 12.3 Å². The lowest BCUT2D eigenvalue weighted by molar-refractivity contribution is -0.139. The minimum atomic E-state index is -0.619. The first kappa shape index (κ1) is 24.5. The summed E-state index contributed by atoms with van der Waals surface area (Å²) >= 11 is 1.46. The third-order valence-electron chi connectivity index (χ3n) is 5.23. The Bertz CT molecular complexity index is 1010. The van der Waals surface area contributed by atoms with Gasteiger partial charge in [0.15, 0.2) is 0 Å². The maximum atomic E-state index is 13.4. The van der Waals surface area contributed by atoms with Crippen molar-refractivity contribution in [1.29, 1.82) is 0 Å². The molecule has 0 aromatic heterocycles. The van der Waals surface area contributed by atoms with Crippen LogP contribution in [0.25, 0.3) is 0 Å². The predicted molar refractivity (Wildman–Crippen MR) is 132 cm³/mol. The molecule has 4 nitrogen and oxygen atoms in total. The number of benzene rings is 3. The average Bonchev–Trinajstić information content (AvgIpc) is 2.84. The second-order valence-electron chi connectivity index (χ2n) is 7.73. The molecule has 0 radical (unpaired) electrons. The molecule has 0 aliphatic carbocycles. The van der Waals surface area contributed by atoms with E-state index in [1.807, 2.05) is 67.6 Å². The minimum absolute atomic E-state index is 0.0989. The molecule has 0 unspecified atom stereocenters. The highest BCUT2D eigenvalue weighted by molar-refractivity contribution is 7.99. The van der Waals surface area contributed by atoms with Gasteiger partial charge in [-0.15, -0.1) is 11.8 Å². The molecule has 33 heavy (non-hydrogen) atoms. The van der Waals surface area contributed by atoms with Gasteiger partial charge in [-0.25, -0.2) is 4.39 Å². The van der Waals surface area contributed by atoms with Gasteiger partial charge in [0.25, 0.3) is 0 Å². The van der Waals surface area contributed by atoms with E-state index in [0.717, 1.165) is 16.7 Å². The quantitative estimate of drug-likeness (QED) is 0.442. The summed E-state index contributed by atoms with van der Waals surface area (Å²) in [5, 5.41) is 2.90. The molecular formula is C27H29FN2O2S. The Balaban J connectivity index is 1.79. The van der Waals surface area contributed by atoms with E-state index in [-0.39, 0.29) is 23.4 Å². The number of carbonyl (C=O) groups is 2. The molecule has 6 heteroatoms. The van der Waals surface area contributed by atoms with Crippen molar-refractivity contribution in [1.82, 2.24) is 10.2 Å². The van der Waals surface area contributed by atoms with E-state index in [9.17, 15) is 14.0 Å². The lowest BCUT2D eigenvalue weighted by atomic mass is 10.0. The van der Waals surface area contributed by atoms with E-state index < -0.39 is 6.04 Å². The first-order chi connectivity index (χ1) is 16.1. The Kier molecular flexibility index (Phi) is 9.51. The molecule has 0 saturated heterocycles. The molecular weight excluding hydrogens is 435 g/mol. The fourth-order valence-corrected chi connectivity index (χ4v) is 4.42. The number of hydrogen-bond donors (Lipinski definition) is 1. The van der Waals surface area contributed by atoms with Crippen molar-refractivity contribution in [2.24, 2.45) is 0 Å². The maximum Gasteiger partial charge on any atom is 0.243 e. The summed E-state index contributed by atoms with van der Waals surface area (Å²) in [6.45, 7) is 2.72. The summed E-state index contributed by atoms with van der Waals surface area (Å²) in [6, 6.07) is 25.1. The van der Waals surface area contributed by atoms with Gasteiger partial charge in [0.2, 0.25) is 11.8 Å². The van der Waals surface area contributed by atoms with Gasteiger partial charge in [-0.05, 0) is 35.7 Å². The molecule has 3 aromatic rings. The van der Waals surface area contributed by atoms with Gasteiger partial charge in [0.05, 0.1) is 5.75 Å². The zero-order valence-electron chi connectivity index (χ0n) is 18.7. The molecule has 172 valence electrons. The van der Waals surface area contributed by atoms with Crippen LogP contribution in [-0.2, 0) is 28.3 Å². The van der Waals surface area contributed by atoms with Crippen LogP contribution in [-0.4, -0.2) is 35.1 Å². The standard InChI is InChI=1S/C27H29FN2O2S/c1-2-29-27(32)25(17-21-9-5-3-6-10-21)30(18-22-11-7-4-8-12-22)26(31)20-33-19-23-13-15-24(28)16-14-23/h3-16,25H,2,17-20H2,1H3,(H,29,32)/t25-/m1/s1. The Morgan fingerprint density at radius 2 is 1.48 bits per heavy atom. The van der Waals surface area contributed by atoms with Gasteiger partial charge in [-0.2, -0.15) is 0 Å². The van der Waals surface area contributed by atoms with E-state index in [4.69, 9.17) is 0 Å². The zero-order chi connectivity index (χ0) is 23.5. The predicted octanol–water partition coefficient (Wildman–Crippen LogP) is 4.84. The van der Waals surface area contributed by atoms with Crippen molar-refractivity contribution in [3.63, 3.8) is 0 Å². The van der Waals surface area contributed by atoms with E-state index in [1.165, 1.54) is 23.9 Å². The molecule has 0 spiro atoms. The molecule has 0 saturated carbocycles. The van der Waals surface area contributed by atoms with Gasteiger partial charge in [0.1, 0.15) is 11.9 Å². The Morgan fingerprint density at radius 1 is 0.879 bits per heavy atom. The van der Waals surface area contributed by atoms with E-state index in [2.05, 4.69) is 5.32 Å². The molecule has 1 atom stereocenters. The number of nitrogens with one attached hydrogen (secondary N) is 1. The highest BCUT2D eigenvalue weighted by Crippen LogP contribution is 2.18. The van der Waals surface area contributed by atoms with Crippen LogP contribution in [0.2, 0.25) is 0 Å². The molecule has 2 amide bonds. The SMILES string of the molecule is CCNC(=O)[C@@H](Cc1ccccc1)N(Cc1ccccc1)C(=O)CSCc1ccc(F)cc1. The van der Waals surface area contributed by atoms with Crippen LogP contribution < -0.4 is 5.32 Å². The number of thioether (sulfide) groups is 1. The second-order valence-corrected chi connectivity index (χ2v) is 8.71. The number of nitrogens with zero attached hydrogens (tertiary/aromatic N) is 1. The molecule has 0 fully saturated rings. The summed E-state index contributed by atoms with van der Waals surface area (Å²) in [5.41, 5.74) is 2.92. The fourth-order valence-electron chi connectivity index (χ4n) is 3.55. The normalized spacial score (nSPS) is 11.6. The van der Waals surface area contributed by atoms with Crippen LogP contribution in [0.3, 0.4) is 0 Å². The number of halogens is 1. The van der Waals surface area contributed by atoms with E-state index in [1.54, 1.807) is 17.0 Å². The molecule has 3 rings (SSSR count). The maximum absolute atomic E-state index is 13.4. The Hall–Kier alpha value is -3.12. The summed E-state index contributed by atoms with van der Waals surface area (Å²) in [4.78, 5) is 28.1. The second kappa shape index (κ2) is 12.8. The highest BCUT2D eigenvalue weighted by Gasteiger charge is 2.29. The largest absolute Gasteiger partial charge is 0.355 e. The van der Waals surface area contributed by atoms with Crippen LogP contribution in [0.1, 0.15) is 23.6 Å². The fraction of sp³-hybridized carbons (Fsp3) is 0.259. The summed E-state index contributed by atoms with van der Waals surface area (Å²) in [7, 11) is 0. The number of rotatable bonds is 11. The van der Waals surface area contributed by atoms with Crippen LogP contribution in [0.15, 0.2) is 84.9 Å².